The maximum atomic E-state index is 4.62. The van der Waals surface area contributed by atoms with Crippen LogP contribution in [0.4, 0.5) is 0 Å². The summed E-state index contributed by atoms with van der Waals surface area (Å²) >= 11 is 0. The Morgan fingerprint density at radius 2 is 2.12 bits per heavy atom. The Morgan fingerprint density at radius 1 is 1.29 bits per heavy atom. The lowest BCUT2D eigenvalue weighted by molar-refractivity contribution is 0.740. The zero-order chi connectivity index (χ0) is 12.1. The first kappa shape index (κ1) is 11.7. The van der Waals surface area contributed by atoms with Crippen molar-refractivity contribution in [2.45, 2.75) is 19.9 Å². The number of aryl methyl sites for hydroxylation is 1. The zero-order valence-electron chi connectivity index (χ0n) is 10.3. The Bertz CT molecular complexity index is 558. The highest BCUT2D eigenvalue weighted by Gasteiger charge is 2.06. The number of hydrogen-bond donors (Lipinski definition) is 1. The van der Waals surface area contributed by atoms with Crippen LogP contribution in [-0.4, -0.2) is 23.1 Å². The van der Waals surface area contributed by atoms with E-state index in [1.165, 1.54) is 5.52 Å². The van der Waals surface area contributed by atoms with Crippen molar-refractivity contribution in [3.05, 3.63) is 30.1 Å². The summed E-state index contributed by atoms with van der Waals surface area (Å²) in [6.45, 7) is 3.80. The molecule has 1 N–H and O–H groups in total. The van der Waals surface area contributed by atoms with E-state index in [1.807, 2.05) is 25.2 Å². The second-order valence-electron chi connectivity index (χ2n) is 3.82. The van der Waals surface area contributed by atoms with Crippen molar-refractivity contribution < 1.29 is 0 Å². The first-order valence-electron chi connectivity index (χ1n) is 5.91. The fraction of sp³-hybridized carbons (Fsp3) is 0.357. The third-order valence-electron chi connectivity index (χ3n) is 2.69. The number of fused-ring (bicyclic) bond motifs is 1. The van der Waals surface area contributed by atoms with Gasteiger partial charge in [0.1, 0.15) is 5.82 Å². The molecule has 1 aromatic heterocycles. The molecule has 0 bridgehead atoms. The second kappa shape index (κ2) is 5.51. The normalized spacial score (nSPS) is 10.2. The van der Waals surface area contributed by atoms with Gasteiger partial charge < -0.3 is 9.88 Å². The van der Waals surface area contributed by atoms with Crippen LogP contribution >= 0.6 is 0 Å². The van der Waals surface area contributed by atoms with Gasteiger partial charge >= 0.3 is 0 Å². The Kier molecular flexibility index (Phi) is 3.79. The van der Waals surface area contributed by atoms with E-state index in [-0.39, 0.29) is 0 Å². The summed E-state index contributed by atoms with van der Waals surface area (Å²) in [5.41, 5.74) is 2.25. The topological polar surface area (TPSA) is 29.9 Å². The lowest BCUT2D eigenvalue weighted by Gasteiger charge is -2.02. The molecule has 2 rings (SSSR count). The van der Waals surface area contributed by atoms with E-state index >= 15 is 0 Å². The van der Waals surface area contributed by atoms with Gasteiger partial charge in [0.25, 0.3) is 0 Å². The van der Waals surface area contributed by atoms with Crippen molar-refractivity contribution in [1.82, 2.24) is 14.9 Å². The van der Waals surface area contributed by atoms with Crippen LogP contribution in [0.5, 0.6) is 0 Å². The van der Waals surface area contributed by atoms with Crippen molar-refractivity contribution in [3.63, 3.8) is 0 Å². The Morgan fingerprint density at radius 3 is 2.88 bits per heavy atom. The number of nitrogens with one attached hydrogen (secondary N) is 1. The summed E-state index contributed by atoms with van der Waals surface area (Å²) in [6, 6.07) is 8.22. The first-order chi connectivity index (χ1) is 8.36. The van der Waals surface area contributed by atoms with Crippen LogP contribution in [0.2, 0.25) is 0 Å². The molecular formula is C14H17N3. The summed E-state index contributed by atoms with van der Waals surface area (Å²) in [7, 11) is 1.90. The number of hydrogen-bond acceptors (Lipinski definition) is 2. The Labute approximate surface area is 102 Å². The predicted octanol–water partition coefficient (Wildman–Crippen LogP) is 1.82. The molecule has 0 aliphatic heterocycles. The van der Waals surface area contributed by atoms with Crippen molar-refractivity contribution in [2.24, 2.45) is 0 Å². The molecule has 0 atom stereocenters. The van der Waals surface area contributed by atoms with Crippen LogP contribution < -0.4 is 5.32 Å². The zero-order valence-corrected chi connectivity index (χ0v) is 10.3. The summed E-state index contributed by atoms with van der Waals surface area (Å²) < 4.78 is 2.23. The molecule has 0 fully saturated rings. The molecule has 0 amide bonds. The summed E-state index contributed by atoms with van der Waals surface area (Å²) in [4.78, 5) is 4.62. The summed E-state index contributed by atoms with van der Waals surface area (Å²) in [5, 5.41) is 3.01. The third kappa shape index (κ3) is 2.48. The van der Waals surface area contributed by atoms with E-state index in [0.717, 1.165) is 24.4 Å². The fourth-order valence-corrected chi connectivity index (χ4v) is 1.91. The van der Waals surface area contributed by atoms with Crippen LogP contribution in [0.1, 0.15) is 12.7 Å². The van der Waals surface area contributed by atoms with Gasteiger partial charge in [-0.05, 0) is 26.1 Å². The van der Waals surface area contributed by atoms with Crippen molar-refractivity contribution in [3.8, 4) is 11.8 Å². The smallest absolute Gasteiger partial charge is 0.121 e. The number of imidazole rings is 1. The molecule has 3 heteroatoms. The van der Waals surface area contributed by atoms with E-state index < -0.39 is 0 Å². The fourth-order valence-electron chi connectivity index (χ4n) is 1.91. The van der Waals surface area contributed by atoms with Crippen molar-refractivity contribution in [2.75, 3.05) is 13.6 Å². The molecule has 0 aliphatic carbocycles. The van der Waals surface area contributed by atoms with Crippen LogP contribution in [0.3, 0.4) is 0 Å². The lowest BCUT2D eigenvalue weighted by Crippen LogP contribution is -2.05. The van der Waals surface area contributed by atoms with Crippen LogP contribution in [0.15, 0.2) is 24.3 Å². The van der Waals surface area contributed by atoms with E-state index in [2.05, 4.69) is 39.7 Å². The predicted molar refractivity (Wildman–Crippen MR) is 70.8 cm³/mol. The second-order valence-corrected chi connectivity index (χ2v) is 3.82. The number of nitrogens with zero attached hydrogens (tertiary/aromatic N) is 2. The lowest BCUT2D eigenvalue weighted by atomic mass is 10.3. The molecule has 0 unspecified atom stereocenters. The minimum Gasteiger partial charge on any atom is -0.327 e. The highest BCUT2D eigenvalue weighted by Crippen LogP contribution is 2.15. The van der Waals surface area contributed by atoms with Crippen LogP contribution in [0.25, 0.3) is 11.0 Å². The van der Waals surface area contributed by atoms with Gasteiger partial charge in [-0.25, -0.2) is 4.98 Å². The van der Waals surface area contributed by atoms with Gasteiger partial charge in [0.15, 0.2) is 0 Å². The van der Waals surface area contributed by atoms with Gasteiger partial charge in [-0.2, -0.15) is 0 Å². The van der Waals surface area contributed by atoms with Crippen molar-refractivity contribution in [1.29, 1.82) is 0 Å². The van der Waals surface area contributed by atoms with Gasteiger partial charge in [-0.1, -0.05) is 24.0 Å². The molecule has 1 heterocycles. The molecule has 2 aromatic rings. The average molecular weight is 227 g/mol. The van der Waals surface area contributed by atoms with E-state index in [1.54, 1.807) is 0 Å². The maximum Gasteiger partial charge on any atom is 0.121 e. The van der Waals surface area contributed by atoms with Crippen LogP contribution in [0, 0.1) is 11.8 Å². The first-order valence-corrected chi connectivity index (χ1v) is 5.91. The maximum absolute atomic E-state index is 4.62. The molecule has 0 saturated carbocycles. The van der Waals surface area contributed by atoms with Gasteiger partial charge in [-0.3, -0.25) is 0 Å². The molecule has 17 heavy (non-hydrogen) atoms. The average Bonchev–Trinajstić information content (AvgIpc) is 2.72. The Hall–Kier alpha value is -1.79. The van der Waals surface area contributed by atoms with Gasteiger partial charge in [0.05, 0.1) is 24.0 Å². The Balaban J connectivity index is 2.31. The number of rotatable bonds is 3. The highest BCUT2D eigenvalue weighted by atomic mass is 15.1. The molecule has 88 valence electrons. The highest BCUT2D eigenvalue weighted by molar-refractivity contribution is 5.75. The van der Waals surface area contributed by atoms with Crippen LogP contribution in [-0.2, 0) is 13.0 Å². The molecule has 0 spiro atoms. The minimum atomic E-state index is 0.713. The van der Waals surface area contributed by atoms with Crippen molar-refractivity contribution >= 4 is 11.0 Å². The SMILES string of the molecule is CCn1c(CC#CCNC)nc2ccccc21. The van der Waals surface area contributed by atoms with Gasteiger partial charge in [0.2, 0.25) is 0 Å². The van der Waals surface area contributed by atoms with E-state index in [0.29, 0.717) is 6.42 Å². The van der Waals surface area contributed by atoms with Gasteiger partial charge in [-0.15, -0.1) is 0 Å². The largest absolute Gasteiger partial charge is 0.327 e. The molecule has 0 aliphatic rings. The minimum absolute atomic E-state index is 0.713. The van der Waals surface area contributed by atoms with E-state index in [4.69, 9.17) is 0 Å². The molecule has 0 radical (unpaired) electrons. The quantitative estimate of drug-likeness (QED) is 0.811. The number of para-hydroxylation sites is 2. The standard InChI is InChI=1S/C14H17N3/c1-3-17-13-9-5-4-8-12(13)16-14(17)10-6-7-11-15-2/h4-5,8-9,15H,3,10-11H2,1-2H3. The van der Waals surface area contributed by atoms with E-state index in [9.17, 15) is 0 Å². The molecule has 3 nitrogen and oxygen atoms in total. The summed E-state index contributed by atoms with van der Waals surface area (Å²) in [6.07, 6.45) is 0.713. The molecular weight excluding hydrogens is 210 g/mol. The van der Waals surface area contributed by atoms with Gasteiger partial charge in [0, 0.05) is 6.54 Å². The molecule has 1 aromatic carbocycles. The summed E-state index contributed by atoms with van der Waals surface area (Å²) in [5.74, 6) is 7.26. The third-order valence-corrected chi connectivity index (χ3v) is 2.69. The monoisotopic (exact) mass is 227 g/mol. The number of benzene rings is 1. The molecule has 0 saturated heterocycles. The number of aromatic nitrogens is 2.